The Bertz CT molecular complexity index is 1670. The first-order valence-electron chi connectivity index (χ1n) is 12.7. The molecule has 0 aliphatic carbocycles. The van der Waals surface area contributed by atoms with Crippen molar-refractivity contribution in [3.8, 4) is 0 Å². The zero-order valence-electron chi connectivity index (χ0n) is 21.7. The predicted molar refractivity (Wildman–Crippen MR) is 157 cm³/mol. The lowest BCUT2D eigenvalue weighted by molar-refractivity contribution is -0.131. The van der Waals surface area contributed by atoms with Crippen LogP contribution in [0, 0.1) is 0 Å². The van der Waals surface area contributed by atoms with E-state index < -0.39 is 15.9 Å². The maximum Gasteiger partial charge on any atom is 0.223 e. The van der Waals surface area contributed by atoms with Crippen molar-refractivity contribution in [3.63, 3.8) is 0 Å². The number of thiophene rings is 1. The molecule has 4 aromatic rings. The Morgan fingerprint density at radius 2 is 1.87 bits per heavy atom. The number of fused-ring (bicyclic) bond motifs is 1. The molecule has 0 radical (unpaired) electrons. The summed E-state index contributed by atoms with van der Waals surface area (Å²) < 4.78 is 28.0. The fraction of sp³-hybridized carbons (Fsp3) is 0.357. The summed E-state index contributed by atoms with van der Waals surface area (Å²) in [6, 6.07) is 14.1. The normalized spacial score (nSPS) is 16.2. The number of carbonyl (C=O) groups excluding carboxylic acids is 1. The summed E-state index contributed by atoms with van der Waals surface area (Å²) >= 11 is 9.14. The van der Waals surface area contributed by atoms with Crippen LogP contribution >= 0.6 is 34.3 Å². The molecule has 1 N–H and O–H groups in total. The van der Waals surface area contributed by atoms with Gasteiger partial charge in [-0.05, 0) is 65.2 Å². The van der Waals surface area contributed by atoms with Crippen LogP contribution in [0.2, 0.25) is 5.02 Å². The number of sulfone groups is 1. The average Bonchev–Trinajstić information content (AvgIpc) is 3.59. The molecule has 1 amide bonds. The molecule has 1 fully saturated rings. The Balaban J connectivity index is 1.24. The molecule has 1 unspecified atom stereocenters. The van der Waals surface area contributed by atoms with Crippen LogP contribution in [0.4, 0.5) is 0 Å². The SMILES string of the molecule is C/N=c1\sc(C2CCN(C(=O)CCS(=O)(=O)c3ccc4cc(Cl)ccc4c3)CC2)c(C(O)c2cccs2)n1C. The summed E-state index contributed by atoms with van der Waals surface area (Å²) in [5.41, 5.74) is 0.858. The summed E-state index contributed by atoms with van der Waals surface area (Å²) in [4.78, 5) is 22.2. The van der Waals surface area contributed by atoms with Gasteiger partial charge < -0.3 is 14.6 Å². The number of piperidine rings is 1. The molecule has 5 rings (SSSR count). The van der Waals surface area contributed by atoms with Crippen molar-refractivity contribution in [2.24, 2.45) is 12.0 Å². The van der Waals surface area contributed by atoms with E-state index in [9.17, 15) is 18.3 Å². The largest absolute Gasteiger partial charge is 0.381 e. The van der Waals surface area contributed by atoms with Gasteiger partial charge in [0.2, 0.25) is 5.91 Å². The Morgan fingerprint density at radius 3 is 2.56 bits per heavy atom. The molecule has 0 spiro atoms. The number of likely N-dealkylation sites (tertiary alicyclic amines) is 1. The first kappa shape index (κ1) is 28.0. The third kappa shape index (κ3) is 5.85. The van der Waals surface area contributed by atoms with Crippen LogP contribution in [0.1, 0.15) is 46.7 Å². The Morgan fingerprint density at radius 1 is 1.15 bits per heavy atom. The lowest BCUT2D eigenvalue weighted by Crippen LogP contribution is -2.38. The van der Waals surface area contributed by atoms with E-state index in [1.807, 2.05) is 29.1 Å². The van der Waals surface area contributed by atoms with Gasteiger partial charge >= 0.3 is 0 Å². The summed E-state index contributed by atoms with van der Waals surface area (Å²) in [6.45, 7) is 1.10. The number of rotatable bonds is 7. The van der Waals surface area contributed by atoms with Gasteiger partial charge in [-0.15, -0.1) is 22.7 Å². The summed E-state index contributed by atoms with van der Waals surface area (Å²) in [5, 5.41) is 15.4. The lowest BCUT2D eigenvalue weighted by Gasteiger charge is -2.32. The monoisotopic (exact) mass is 603 g/mol. The van der Waals surface area contributed by atoms with E-state index in [4.69, 9.17) is 11.6 Å². The minimum absolute atomic E-state index is 0.0547. The number of amides is 1. The highest BCUT2D eigenvalue weighted by atomic mass is 35.5. The minimum Gasteiger partial charge on any atom is -0.381 e. The van der Waals surface area contributed by atoms with Crippen molar-refractivity contribution in [2.45, 2.75) is 36.2 Å². The van der Waals surface area contributed by atoms with Gasteiger partial charge in [0.15, 0.2) is 14.6 Å². The number of aliphatic hydroxyl groups is 1. The number of benzene rings is 2. The fourth-order valence-corrected chi connectivity index (χ4v) is 8.58. The maximum atomic E-state index is 13.0. The zero-order valence-corrected chi connectivity index (χ0v) is 24.9. The van der Waals surface area contributed by atoms with Crippen LogP contribution < -0.4 is 4.80 Å². The van der Waals surface area contributed by atoms with Crippen LogP contribution in [0.5, 0.6) is 0 Å². The molecule has 1 aliphatic rings. The Labute approximate surface area is 240 Å². The second-order valence-electron chi connectivity index (χ2n) is 9.71. The molecule has 1 saturated heterocycles. The highest BCUT2D eigenvalue weighted by Gasteiger charge is 2.31. The van der Waals surface area contributed by atoms with E-state index in [1.165, 1.54) is 11.3 Å². The van der Waals surface area contributed by atoms with Crippen molar-refractivity contribution in [1.82, 2.24) is 9.47 Å². The first-order chi connectivity index (χ1) is 18.7. The van der Waals surface area contributed by atoms with Gasteiger partial charge in [0, 0.05) is 48.4 Å². The Kier molecular flexibility index (Phi) is 8.30. The second kappa shape index (κ2) is 11.5. The molecule has 2 aromatic heterocycles. The standard InChI is InChI=1S/C28H30ClN3O4S3/c1-30-28-31(2)25(26(34)23-4-3-14-37-23)27(38-28)18-9-12-32(13-10-18)24(33)11-15-39(35,36)22-8-6-19-16-21(29)7-5-20(19)17-22/h3-8,14,16-18,26,34H,9-13,15H2,1-2H3/b30-28-. The van der Waals surface area contributed by atoms with E-state index in [0.29, 0.717) is 18.1 Å². The van der Waals surface area contributed by atoms with Gasteiger partial charge in [-0.2, -0.15) is 0 Å². The van der Waals surface area contributed by atoms with Crippen molar-refractivity contribution in [3.05, 3.63) is 79.2 Å². The van der Waals surface area contributed by atoms with Crippen molar-refractivity contribution >= 4 is 60.8 Å². The van der Waals surface area contributed by atoms with Gasteiger partial charge in [0.1, 0.15) is 6.10 Å². The summed E-state index contributed by atoms with van der Waals surface area (Å²) in [6.07, 6.45) is 0.716. The molecule has 39 heavy (non-hydrogen) atoms. The fourth-order valence-electron chi connectivity index (χ4n) is 5.15. The first-order valence-corrected chi connectivity index (χ1v) is 16.4. The molecule has 0 saturated carbocycles. The second-order valence-corrected chi connectivity index (χ2v) is 14.2. The topological polar surface area (TPSA) is 92.0 Å². The van der Waals surface area contributed by atoms with E-state index in [2.05, 4.69) is 4.99 Å². The van der Waals surface area contributed by atoms with Gasteiger partial charge in [-0.25, -0.2) is 8.42 Å². The number of carbonyl (C=O) groups is 1. The van der Waals surface area contributed by atoms with Crippen LogP contribution in [-0.4, -0.2) is 54.8 Å². The molecule has 0 bridgehead atoms. The minimum atomic E-state index is -3.61. The Hall–Kier alpha value is -2.50. The van der Waals surface area contributed by atoms with E-state index in [0.717, 1.165) is 43.9 Å². The maximum absolute atomic E-state index is 13.0. The quantitative estimate of drug-likeness (QED) is 0.317. The molecule has 7 nitrogen and oxygen atoms in total. The van der Waals surface area contributed by atoms with Crippen molar-refractivity contribution in [1.29, 1.82) is 0 Å². The highest BCUT2D eigenvalue weighted by molar-refractivity contribution is 7.91. The number of hydrogen-bond acceptors (Lipinski definition) is 7. The van der Waals surface area contributed by atoms with Crippen LogP contribution in [0.3, 0.4) is 0 Å². The van der Waals surface area contributed by atoms with E-state index in [1.54, 1.807) is 59.7 Å². The third-order valence-corrected chi connectivity index (χ3v) is 11.6. The van der Waals surface area contributed by atoms with Crippen LogP contribution in [0.25, 0.3) is 10.8 Å². The van der Waals surface area contributed by atoms with Crippen molar-refractivity contribution in [2.75, 3.05) is 25.9 Å². The molecule has 3 heterocycles. The van der Waals surface area contributed by atoms with E-state index in [-0.39, 0.29) is 28.9 Å². The van der Waals surface area contributed by atoms with Crippen LogP contribution in [0.15, 0.2) is 63.8 Å². The number of thiazole rings is 1. The third-order valence-electron chi connectivity index (χ3n) is 7.30. The lowest BCUT2D eigenvalue weighted by atomic mass is 9.92. The number of aromatic nitrogens is 1. The number of nitrogens with zero attached hydrogens (tertiary/aromatic N) is 3. The zero-order chi connectivity index (χ0) is 27.7. The van der Waals surface area contributed by atoms with Gasteiger partial charge in [0.05, 0.1) is 16.3 Å². The predicted octanol–water partition coefficient (Wildman–Crippen LogP) is 5.14. The molecular formula is C28H30ClN3O4S3. The molecule has 2 aromatic carbocycles. The summed E-state index contributed by atoms with van der Waals surface area (Å²) in [7, 11) is 0.0688. The molecule has 1 atom stereocenters. The average molecular weight is 604 g/mol. The number of hydrogen-bond donors (Lipinski definition) is 1. The molecule has 206 valence electrons. The number of halogens is 1. The smallest absolute Gasteiger partial charge is 0.223 e. The highest BCUT2D eigenvalue weighted by Crippen LogP contribution is 2.38. The molecule has 11 heteroatoms. The van der Waals surface area contributed by atoms with Gasteiger partial charge in [-0.3, -0.25) is 9.79 Å². The molecule has 1 aliphatic heterocycles. The van der Waals surface area contributed by atoms with E-state index >= 15 is 0 Å². The summed E-state index contributed by atoms with van der Waals surface area (Å²) in [5.74, 6) is -0.186. The van der Waals surface area contributed by atoms with Gasteiger partial charge in [0.25, 0.3) is 0 Å². The molecular weight excluding hydrogens is 574 g/mol. The number of aliphatic hydroxyl groups excluding tert-OH is 1. The van der Waals surface area contributed by atoms with Crippen LogP contribution in [-0.2, 0) is 21.7 Å². The van der Waals surface area contributed by atoms with Crippen molar-refractivity contribution < 1.29 is 18.3 Å². The van der Waals surface area contributed by atoms with Gasteiger partial charge in [-0.1, -0.05) is 29.8 Å².